The highest BCUT2D eigenvalue weighted by Crippen LogP contribution is 2.41. The summed E-state index contributed by atoms with van der Waals surface area (Å²) in [6.45, 7) is 0.858. The zero-order chi connectivity index (χ0) is 31.3. The number of aromatic nitrogens is 4. The van der Waals surface area contributed by atoms with Gasteiger partial charge in [0.2, 0.25) is 17.6 Å². The molecule has 1 aliphatic rings. The fourth-order valence-electron chi connectivity index (χ4n) is 4.84. The van der Waals surface area contributed by atoms with Crippen molar-refractivity contribution in [2.75, 3.05) is 18.1 Å². The van der Waals surface area contributed by atoms with Crippen LogP contribution in [0, 0.1) is 6.92 Å². The molecule has 9 nitrogen and oxygen atoms in total. The SMILES string of the molecule is Cc1ccc(S(=O)(=O)OC[C@H](O)C[C@@H]2c3[nH]c4ccc(Cl)cc4c3CCN2c2nc(C(F)(F)F)nc(C(F)(F)F)n2)cc1. The Morgan fingerprint density at radius 1 is 1.05 bits per heavy atom. The Hall–Kier alpha value is -3.47. The molecule has 0 unspecified atom stereocenters. The van der Waals surface area contributed by atoms with Gasteiger partial charge in [0.15, 0.2) is 0 Å². The number of benzene rings is 2. The van der Waals surface area contributed by atoms with Crippen LogP contribution in [0.2, 0.25) is 5.02 Å². The Balaban J connectivity index is 1.52. The number of nitrogens with zero attached hydrogens (tertiary/aromatic N) is 4. The number of fused-ring (bicyclic) bond motifs is 3. The molecule has 43 heavy (non-hydrogen) atoms. The summed E-state index contributed by atoms with van der Waals surface area (Å²) in [7, 11) is -4.29. The minimum atomic E-state index is -5.32. The lowest BCUT2D eigenvalue weighted by atomic mass is 9.94. The Labute approximate surface area is 245 Å². The molecule has 3 heterocycles. The number of nitrogens with one attached hydrogen (secondary N) is 1. The highest BCUT2D eigenvalue weighted by Gasteiger charge is 2.43. The smallest absolute Gasteiger partial charge is 0.391 e. The molecule has 2 aromatic heterocycles. The van der Waals surface area contributed by atoms with Crippen molar-refractivity contribution < 1.29 is 44.0 Å². The lowest BCUT2D eigenvalue weighted by molar-refractivity contribution is -0.155. The number of hydrogen-bond acceptors (Lipinski definition) is 8. The molecule has 0 amide bonds. The summed E-state index contributed by atoms with van der Waals surface area (Å²) in [4.78, 5) is 13.2. The monoisotopic (exact) mass is 649 g/mol. The topological polar surface area (TPSA) is 121 Å². The van der Waals surface area contributed by atoms with Crippen molar-refractivity contribution in [3.05, 3.63) is 76.0 Å². The van der Waals surface area contributed by atoms with E-state index in [2.05, 4.69) is 19.9 Å². The Kier molecular flexibility index (Phi) is 8.09. The highest BCUT2D eigenvalue weighted by atomic mass is 35.5. The third-order valence-corrected chi connectivity index (χ3v) is 8.35. The van der Waals surface area contributed by atoms with Crippen LogP contribution in [0.25, 0.3) is 10.9 Å². The van der Waals surface area contributed by atoms with E-state index in [0.717, 1.165) is 10.5 Å². The molecular formula is C26H22ClF6N5O4S. The van der Waals surface area contributed by atoms with Crippen LogP contribution in [0.5, 0.6) is 0 Å². The zero-order valence-corrected chi connectivity index (χ0v) is 23.6. The van der Waals surface area contributed by atoms with Gasteiger partial charge in [-0.2, -0.15) is 44.7 Å². The van der Waals surface area contributed by atoms with E-state index < -0.39 is 58.8 Å². The summed E-state index contributed by atoms with van der Waals surface area (Å²) >= 11 is 6.15. The standard InChI is InChI=1S/C26H22ClF6N5O4S/c1-13-2-5-16(6-3-13)43(40,41)42-12-15(39)11-20-21-17(18-10-14(27)4-7-19(18)34-21)8-9-38(20)24-36-22(25(28,29)30)35-23(37-24)26(31,32)33/h2-7,10,15,20,34,39H,8-9,11-12H2,1H3/t15-,20-/m1/s1. The van der Waals surface area contributed by atoms with E-state index in [-0.39, 0.29) is 24.3 Å². The van der Waals surface area contributed by atoms with Crippen molar-refractivity contribution in [3.8, 4) is 0 Å². The number of aliphatic hydroxyl groups is 1. The van der Waals surface area contributed by atoms with Gasteiger partial charge in [-0.05, 0) is 49.2 Å². The predicted octanol–water partition coefficient (Wildman–Crippen LogP) is 5.61. The molecule has 1 aliphatic heterocycles. The van der Waals surface area contributed by atoms with Gasteiger partial charge in [-0.3, -0.25) is 4.18 Å². The number of rotatable bonds is 7. The van der Waals surface area contributed by atoms with Crippen molar-refractivity contribution in [1.82, 2.24) is 19.9 Å². The van der Waals surface area contributed by atoms with Crippen molar-refractivity contribution in [1.29, 1.82) is 0 Å². The van der Waals surface area contributed by atoms with E-state index in [1.165, 1.54) is 12.1 Å². The second-order valence-corrected chi connectivity index (χ2v) is 11.9. The van der Waals surface area contributed by atoms with E-state index in [9.17, 15) is 39.9 Å². The average Bonchev–Trinajstić information content (AvgIpc) is 3.29. The summed E-state index contributed by atoms with van der Waals surface area (Å²) in [5, 5.41) is 11.9. The molecule has 5 rings (SSSR count). The van der Waals surface area contributed by atoms with Crippen LogP contribution in [0.15, 0.2) is 47.4 Å². The lowest BCUT2D eigenvalue weighted by Gasteiger charge is -2.37. The second-order valence-electron chi connectivity index (χ2n) is 9.89. The molecule has 2 N–H and O–H groups in total. The molecule has 17 heteroatoms. The van der Waals surface area contributed by atoms with Gasteiger partial charge >= 0.3 is 12.4 Å². The van der Waals surface area contributed by atoms with Gasteiger partial charge in [-0.25, -0.2) is 4.98 Å². The summed E-state index contributed by atoms with van der Waals surface area (Å²) in [6.07, 6.45) is -12.4. The van der Waals surface area contributed by atoms with E-state index >= 15 is 0 Å². The fraction of sp³-hybridized carbons (Fsp3) is 0.346. The Morgan fingerprint density at radius 3 is 2.28 bits per heavy atom. The molecule has 4 aromatic rings. The van der Waals surface area contributed by atoms with Gasteiger partial charge in [0.25, 0.3) is 10.1 Å². The van der Waals surface area contributed by atoms with Crippen LogP contribution >= 0.6 is 11.6 Å². The molecule has 230 valence electrons. The van der Waals surface area contributed by atoms with E-state index in [1.807, 2.05) is 0 Å². The largest absolute Gasteiger partial charge is 0.451 e. The maximum absolute atomic E-state index is 13.5. The van der Waals surface area contributed by atoms with Crippen molar-refractivity contribution >= 4 is 38.6 Å². The Morgan fingerprint density at radius 2 is 1.67 bits per heavy atom. The number of alkyl halides is 6. The number of halogens is 7. The van der Waals surface area contributed by atoms with Crippen molar-refractivity contribution in [3.63, 3.8) is 0 Å². The fourth-order valence-corrected chi connectivity index (χ4v) is 5.95. The third-order valence-electron chi connectivity index (χ3n) is 6.82. The molecule has 2 aromatic carbocycles. The maximum Gasteiger partial charge on any atom is 0.451 e. The molecule has 0 bridgehead atoms. The van der Waals surface area contributed by atoms with Gasteiger partial charge in [0, 0.05) is 34.6 Å². The minimum Gasteiger partial charge on any atom is -0.391 e. The summed E-state index contributed by atoms with van der Waals surface area (Å²) in [6, 6.07) is 9.51. The van der Waals surface area contributed by atoms with E-state index in [1.54, 1.807) is 37.3 Å². The number of aryl methyl sites for hydroxylation is 1. The first kappa shape index (κ1) is 31.0. The molecule has 0 saturated heterocycles. The zero-order valence-electron chi connectivity index (χ0n) is 22.0. The quantitative estimate of drug-likeness (QED) is 0.196. The van der Waals surface area contributed by atoms with Crippen LogP contribution in [-0.4, -0.2) is 52.7 Å². The van der Waals surface area contributed by atoms with Crippen LogP contribution in [-0.2, 0) is 33.1 Å². The van der Waals surface area contributed by atoms with Gasteiger partial charge in [0.1, 0.15) is 0 Å². The van der Waals surface area contributed by atoms with Gasteiger partial charge in [0.05, 0.1) is 23.6 Å². The summed E-state index contributed by atoms with van der Waals surface area (Å²) in [5.41, 5.74) is 2.40. The number of aliphatic hydroxyl groups excluding tert-OH is 1. The van der Waals surface area contributed by atoms with Crippen molar-refractivity contribution in [2.45, 2.75) is 49.2 Å². The first-order valence-corrected chi connectivity index (χ1v) is 14.4. The maximum atomic E-state index is 13.5. The van der Waals surface area contributed by atoms with Gasteiger partial charge < -0.3 is 15.0 Å². The van der Waals surface area contributed by atoms with Crippen LogP contribution in [0.1, 0.15) is 40.9 Å². The van der Waals surface area contributed by atoms with Gasteiger partial charge in [-0.15, -0.1) is 0 Å². The molecular weight excluding hydrogens is 628 g/mol. The molecule has 0 spiro atoms. The summed E-state index contributed by atoms with van der Waals surface area (Å²) < 4.78 is 111. The minimum absolute atomic E-state index is 0.148. The third kappa shape index (κ3) is 6.56. The van der Waals surface area contributed by atoms with Gasteiger partial charge in [-0.1, -0.05) is 29.3 Å². The summed E-state index contributed by atoms with van der Waals surface area (Å²) in [5.74, 6) is -4.99. The molecule has 0 aliphatic carbocycles. The molecule has 0 fully saturated rings. The second kappa shape index (κ2) is 11.2. The highest BCUT2D eigenvalue weighted by molar-refractivity contribution is 7.86. The number of H-pyrrole nitrogens is 1. The number of hydrogen-bond donors (Lipinski definition) is 2. The van der Waals surface area contributed by atoms with Crippen molar-refractivity contribution in [2.24, 2.45) is 0 Å². The molecule has 2 atom stereocenters. The number of anilines is 1. The molecule has 0 radical (unpaired) electrons. The normalized spacial score (nSPS) is 16.9. The van der Waals surface area contributed by atoms with Crippen LogP contribution < -0.4 is 4.90 Å². The first-order valence-electron chi connectivity index (χ1n) is 12.6. The van der Waals surface area contributed by atoms with Crippen LogP contribution in [0.4, 0.5) is 32.3 Å². The number of aromatic amines is 1. The molecule has 0 saturated carbocycles. The first-order chi connectivity index (χ1) is 20.0. The van der Waals surface area contributed by atoms with E-state index in [0.29, 0.717) is 27.2 Å². The van der Waals surface area contributed by atoms with E-state index in [4.69, 9.17) is 15.8 Å². The average molecular weight is 650 g/mol. The Bertz CT molecular complexity index is 1730. The lowest BCUT2D eigenvalue weighted by Crippen LogP contribution is -2.40. The predicted molar refractivity (Wildman–Crippen MR) is 142 cm³/mol. The van der Waals surface area contributed by atoms with Crippen LogP contribution in [0.3, 0.4) is 0 Å².